The smallest absolute Gasteiger partial charge is 0.336 e. The van der Waals surface area contributed by atoms with E-state index in [4.69, 9.17) is 9.47 Å². The van der Waals surface area contributed by atoms with Gasteiger partial charge in [0, 0.05) is 21.1 Å². The lowest BCUT2D eigenvalue weighted by molar-refractivity contribution is -0.137. The van der Waals surface area contributed by atoms with E-state index in [0.717, 1.165) is 4.88 Å². The number of carbonyl (C=O) groups is 2. The van der Waals surface area contributed by atoms with Gasteiger partial charge in [-0.3, -0.25) is 0 Å². The largest absolute Gasteiger partial charge is 0.466 e. The Labute approximate surface area is 152 Å². The van der Waals surface area contributed by atoms with E-state index in [1.807, 2.05) is 19.9 Å². The summed E-state index contributed by atoms with van der Waals surface area (Å²) < 4.78 is 9.95. The van der Waals surface area contributed by atoms with Gasteiger partial charge in [-0.1, -0.05) is 20.8 Å². The van der Waals surface area contributed by atoms with Crippen molar-refractivity contribution in [3.63, 3.8) is 0 Å². The quantitative estimate of drug-likeness (QED) is 0.831. The molecule has 1 aromatic heterocycles. The first-order valence-electron chi connectivity index (χ1n) is 8.07. The minimum Gasteiger partial charge on any atom is -0.466 e. The van der Waals surface area contributed by atoms with E-state index in [-0.39, 0.29) is 5.41 Å². The number of allylic oxidation sites excluding steroid dienone is 2. The van der Waals surface area contributed by atoms with Crippen molar-refractivity contribution in [1.82, 2.24) is 5.32 Å². The Balaban J connectivity index is 2.66. The topological polar surface area (TPSA) is 64.6 Å². The third-order valence-corrected chi connectivity index (χ3v) is 5.80. The summed E-state index contributed by atoms with van der Waals surface area (Å²) in [5.74, 6) is -1.40. The number of carbonyl (C=O) groups excluding carboxylic acids is 2. The molecular formula is C19H25NO4S. The summed E-state index contributed by atoms with van der Waals surface area (Å²) in [6.45, 7) is 10.0. The van der Waals surface area contributed by atoms with Crippen molar-refractivity contribution >= 4 is 23.3 Å². The zero-order valence-electron chi connectivity index (χ0n) is 15.8. The molecule has 0 fully saturated rings. The second kappa shape index (κ2) is 7.04. The molecule has 0 aromatic carbocycles. The second-order valence-corrected chi connectivity index (χ2v) is 8.19. The highest BCUT2D eigenvalue weighted by Crippen LogP contribution is 2.43. The predicted molar refractivity (Wildman–Crippen MR) is 98.3 cm³/mol. The molecule has 2 heterocycles. The first-order valence-corrected chi connectivity index (χ1v) is 8.88. The molecule has 0 amide bonds. The molecule has 1 aromatic rings. The summed E-state index contributed by atoms with van der Waals surface area (Å²) in [5.41, 5.74) is 2.25. The molecule has 136 valence electrons. The average Bonchev–Trinajstić information content (AvgIpc) is 3.02. The fourth-order valence-corrected chi connectivity index (χ4v) is 4.14. The molecule has 1 N–H and O–H groups in total. The first kappa shape index (κ1) is 19.2. The highest BCUT2D eigenvalue weighted by molar-refractivity contribution is 7.12. The van der Waals surface area contributed by atoms with Gasteiger partial charge in [0.2, 0.25) is 0 Å². The number of methoxy groups -OCH3 is 2. The van der Waals surface area contributed by atoms with Crippen LogP contribution in [0.15, 0.2) is 34.7 Å². The van der Waals surface area contributed by atoms with Gasteiger partial charge in [-0.05, 0) is 31.4 Å². The lowest BCUT2D eigenvalue weighted by Crippen LogP contribution is -2.31. The molecule has 25 heavy (non-hydrogen) atoms. The molecule has 1 aliphatic heterocycles. The van der Waals surface area contributed by atoms with Crippen molar-refractivity contribution in [3.05, 3.63) is 44.4 Å². The monoisotopic (exact) mass is 363 g/mol. The van der Waals surface area contributed by atoms with Crippen molar-refractivity contribution in [2.75, 3.05) is 14.2 Å². The van der Waals surface area contributed by atoms with Crippen LogP contribution >= 0.6 is 11.3 Å². The zero-order chi connectivity index (χ0) is 18.9. The van der Waals surface area contributed by atoms with E-state index < -0.39 is 17.9 Å². The van der Waals surface area contributed by atoms with Gasteiger partial charge in [0.25, 0.3) is 0 Å². The second-order valence-electron chi connectivity index (χ2n) is 7.07. The van der Waals surface area contributed by atoms with Crippen LogP contribution < -0.4 is 5.32 Å². The number of rotatable bonds is 3. The molecule has 2 rings (SSSR count). The molecule has 0 radical (unpaired) electrons. The van der Waals surface area contributed by atoms with E-state index in [9.17, 15) is 9.59 Å². The maximum absolute atomic E-state index is 12.4. The molecule has 0 unspecified atom stereocenters. The summed E-state index contributed by atoms with van der Waals surface area (Å²) in [7, 11) is 2.69. The number of ether oxygens (including phenoxy) is 2. The lowest BCUT2D eigenvalue weighted by atomic mass is 9.84. The van der Waals surface area contributed by atoms with E-state index >= 15 is 0 Å². The molecule has 0 bridgehead atoms. The Morgan fingerprint density at radius 2 is 1.48 bits per heavy atom. The Hall–Kier alpha value is -2.08. The molecule has 0 atom stereocenters. The third kappa shape index (κ3) is 3.63. The maximum atomic E-state index is 12.4. The highest BCUT2D eigenvalue weighted by Gasteiger charge is 2.38. The van der Waals surface area contributed by atoms with Crippen LogP contribution in [0.2, 0.25) is 0 Å². The van der Waals surface area contributed by atoms with Crippen LogP contribution in [-0.4, -0.2) is 26.2 Å². The average molecular weight is 363 g/mol. The van der Waals surface area contributed by atoms with Crippen LogP contribution in [0.5, 0.6) is 0 Å². The van der Waals surface area contributed by atoms with Crippen LogP contribution in [0.1, 0.15) is 50.3 Å². The van der Waals surface area contributed by atoms with Crippen LogP contribution in [-0.2, 0) is 24.5 Å². The summed E-state index contributed by atoms with van der Waals surface area (Å²) in [6.07, 6.45) is 0. The summed E-state index contributed by atoms with van der Waals surface area (Å²) in [6, 6.07) is 4.03. The minimum absolute atomic E-state index is 0.00971. The van der Waals surface area contributed by atoms with Crippen molar-refractivity contribution in [2.24, 2.45) is 0 Å². The standard InChI is InChI=1S/C19H25NO4S/c1-10-14(17(21)23-6)16(15(11(2)20-10)18(22)24-7)12-8-9-13(25-12)19(3,4)5/h8-9,16,20H,1-7H3. The SMILES string of the molecule is COC(=O)C1=C(C)NC(C)=C(C(=O)OC)C1c1ccc(C(C)(C)C)s1. The first-order chi connectivity index (χ1) is 11.6. The Morgan fingerprint density at radius 3 is 1.84 bits per heavy atom. The van der Waals surface area contributed by atoms with Gasteiger partial charge >= 0.3 is 11.9 Å². The van der Waals surface area contributed by atoms with Gasteiger partial charge in [-0.2, -0.15) is 0 Å². The number of thiophene rings is 1. The molecule has 0 saturated heterocycles. The Morgan fingerprint density at radius 1 is 1.00 bits per heavy atom. The molecule has 0 saturated carbocycles. The Bertz CT molecular complexity index is 727. The van der Waals surface area contributed by atoms with E-state index in [1.165, 1.54) is 19.1 Å². The van der Waals surface area contributed by atoms with Crippen LogP contribution in [0.3, 0.4) is 0 Å². The zero-order valence-corrected chi connectivity index (χ0v) is 16.6. The van der Waals surface area contributed by atoms with Gasteiger partial charge in [-0.25, -0.2) is 9.59 Å². The van der Waals surface area contributed by atoms with Gasteiger partial charge in [0.15, 0.2) is 0 Å². The number of dihydropyridines is 1. The number of hydrogen-bond donors (Lipinski definition) is 1. The van der Waals surface area contributed by atoms with Crippen molar-refractivity contribution in [2.45, 2.75) is 46.0 Å². The van der Waals surface area contributed by atoms with Gasteiger partial charge in [0.1, 0.15) is 0 Å². The van der Waals surface area contributed by atoms with Gasteiger partial charge in [0.05, 0.1) is 31.3 Å². The van der Waals surface area contributed by atoms with E-state index in [2.05, 4.69) is 32.2 Å². The predicted octanol–water partition coefficient (Wildman–Crippen LogP) is 3.63. The van der Waals surface area contributed by atoms with Gasteiger partial charge in [-0.15, -0.1) is 11.3 Å². The lowest BCUT2D eigenvalue weighted by Gasteiger charge is -2.29. The number of nitrogens with one attached hydrogen (secondary N) is 1. The van der Waals surface area contributed by atoms with Crippen LogP contribution in [0.25, 0.3) is 0 Å². The molecule has 5 nitrogen and oxygen atoms in total. The van der Waals surface area contributed by atoms with Gasteiger partial charge < -0.3 is 14.8 Å². The van der Waals surface area contributed by atoms with E-state index in [0.29, 0.717) is 22.5 Å². The molecule has 0 spiro atoms. The minimum atomic E-state index is -0.498. The molecular weight excluding hydrogens is 338 g/mol. The number of hydrogen-bond acceptors (Lipinski definition) is 6. The molecule has 6 heteroatoms. The normalized spacial score (nSPS) is 16.0. The summed E-state index contributed by atoms with van der Waals surface area (Å²) >= 11 is 1.60. The summed E-state index contributed by atoms with van der Waals surface area (Å²) in [5, 5.41) is 3.11. The molecule has 1 aliphatic rings. The summed E-state index contributed by atoms with van der Waals surface area (Å²) in [4.78, 5) is 27.0. The Kier molecular flexibility index (Phi) is 5.42. The van der Waals surface area contributed by atoms with Crippen LogP contribution in [0, 0.1) is 0 Å². The number of esters is 2. The molecule has 0 aliphatic carbocycles. The van der Waals surface area contributed by atoms with Crippen molar-refractivity contribution in [3.8, 4) is 0 Å². The third-order valence-electron chi connectivity index (χ3n) is 4.22. The highest BCUT2D eigenvalue weighted by atomic mass is 32.1. The van der Waals surface area contributed by atoms with E-state index in [1.54, 1.807) is 11.3 Å². The fraction of sp³-hybridized carbons (Fsp3) is 0.474. The van der Waals surface area contributed by atoms with Crippen molar-refractivity contribution < 1.29 is 19.1 Å². The maximum Gasteiger partial charge on any atom is 0.336 e. The fourth-order valence-electron chi connectivity index (χ4n) is 2.95. The van der Waals surface area contributed by atoms with Crippen molar-refractivity contribution in [1.29, 1.82) is 0 Å². The van der Waals surface area contributed by atoms with Crippen LogP contribution in [0.4, 0.5) is 0 Å².